The van der Waals surface area contributed by atoms with Gasteiger partial charge in [-0.2, -0.15) is 0 Å². The van der Waals surface area contributed by atoms with E-state index in [0.29, 0.717) is 0 Å². The van der Waals surface area contributed by atoms with Gasteiger partial charge >= 0.3 is 0 Å². The van der Waals surface area contributed by atoms with Gasteiger partial charge in [0.25, 0.3) is 0 Å². The van der Waals surface area contributed by atoms with Gasteiger partial charge in [-0.3, -0.25) is 0 Å². The van der Waals surface area contributed by atoms with Crippen molar-refractivity contribution in [3.8, 4) is 11.5 Å². The summed E-state index contributed by atoms with van der Waals surface area (Å²) in [6, 6.07) is 6.04. The molecule has 1 aromatic carbocycles. The number of rotatable bonds is 20. The van der Waals surface area contributed by atoms with Gasteiger partial charge in [0, 0.05) is 6.07 Å². The first kappa shape index (κ1) is 25.8. The first-order chi connectivity index (χ1) is 14.3. The van der Waals surface area contributed by atoms with Crippen LogP contribution in [0.15, 0.2) is 48.0 Å². The SMILES string of the molecule is C=CCCCCCCCCOc1ccc(Br)c(OCCCCCCCCC=C)c1. The lowest BCUT2D eigenvalue weighted by Gasteiger charge is -2.11. The number of allylic oxidation sites excluding steroid dienone is 2. The number of halogens is 1. The van der Waals surface area contributed by atoms with E-state index >= 15 is 0 Å². The van der Waals surface area contributed by atoms with Gasteiger partial charge < -0.3 is 9.47 Å². The Kier molecular flexibility index (Phi) is 16.7. The summed E-state index contributed by atoms with van der Waals surface area (Å²) in [5.41, 5.74) is 0. The third kappa shape index (κ3) is 14.4. The summed E-state index contributed by atoms with van der Waals surface area (Å²) in [6.45, 7) is 9.08. The zero-order chi connectivity index (χ0) is 21.0. The first-order valence-corrected chi connectivity index (χ1v) is 12.3. The van der Waals surface area contributed by atoms with Gasteiger partial charge in [0.1, 0.15) is 11.5 Å². The van der Waals surface area contributed by atoms with Crippen LogP contribution in [0, 0.1) is 0 Å². The molecule has 1 aromatic rings. The molecule has 0 saturated carbocycles. The third-order valence-corrected chi connectivity index (χ3v) is 5.69. The second kappa shape index (κ2) is 18.8. The Morgan fingerprint density at radius 1 is 0.655 bits per heavy atom. The summed E-state index contributed by atoms with van der Waals surface area (Å²) in [6.07, 6.45) is 21.4. The Morgan fingerprint density at radius 2 is 1.14 bits per heavy atom. The van der Waals surface area contributed by atoms with Gasteiger partial charge in [-0.15, -0.1) is 13.2 Å². The van der Waals surface area contributed by atoms with Crippen molar-refractivity contribution in [3.05, 3.63) is 48.0 Å². The largest absolute Gasteiger partial charge is 0.493 e. The Balaban J connectivity index is 2.11. The van der Waals surface area contributed by atoms with E-state index in [2.05, 4.69) is 29.1 Å². The van der Waals surface area contributed by atoms with Gasteiger partial charge in [-0.25, -0.2) is 0 Å². The lowest BCUT2D eigenvalue weighted by molar-refractivity contribution is 0.288. The molecule has 0 N–H and O–H groups in total. The van der Waals surface area contributed by atoms with Crippen molar-refractivity contribution in [2.24, 2.45) is 0 Å². The smallest absolute Gasteiger partial charge is 0.137 e. The van der Waals surface area contributed by atoms with Gasteiger partial charge in [-0.05, 0) is 66.6 Å². The summed E-state index contributed by atoms with van der Waals surface area (Å²) < 4.78 is 12.9. The number of hydrogen-bond donors (Lipinski definition) is 0. The maximum absolute atomic E-state index is 5.97. The number of hydrogen-bond acceptors (Lipinski definition) is 2. The molecular formula is C26H41BrO2. The van der Waals surface area contributed by atoms with Crippen LogP contribution in [0.2, 0.25) is 0 Å². The molecule has 2 nitrogen and oxygen atoms in total. The van der Waals surface area contributed by atoms with Gasteiger partial charge in [-0.1, -0.05) is 63.5 Å². The van der Waals surface area contributed by atoms with E-state index in [1.165, 1.54) is 64.2 Å². The lowest BCUT2D eigenvalue weighted by Crippen LogP contribution is -2.00. The first-order valence-electron chi connectivity index (χ1n) is 11.5. The molecule has 0 radical (unpaired) electrons. The fraction of sp³-hybridized carbons (Fsp3) is 0.615. The predicted molar refractivity (Wildman–Crippen MR) is 130 cm³/mol. The van der Waals surface area contributed by atoms with Gasteiger partial charge in [0.2, 0.25) is 0 Å². The standard InChI is InChI=1S/C26H41BrO2/c1-3-5-7-9-11-13-15-17-21-28-24-19-20-25(27)26(23-24)29-22-18-16-14-12-10-8-6-4-2/h3-4,19-20,23H,1-2,5-18,21-22H2. The quantitative estimate of drug-likeness (QED) is 0.141. The summed E-state index contributed by atoms with van der Waals surface area (Å²) in [7, 11) is 0. The van der Waals surface area contributed by atoms with E-state index in [4.69, 9.17) is 9.47 Å². The normalized spacial score (nSPS) is 10.7. The zero-order valence-electron chi connectivity index (χ0n) is 18.3. The van der Waals surface area contributed by atoms with Crippen LogP contribution in [0.3, 0.4) is 0 Å². The molecular weight excluding hydrogens is 424 g/mol. The summed E-state index contributed by atoms with van der Waals surface area (Å²) in [5, 5.41) is 0. The summed E-state index contributed by atoms with van der Waals surface area (Å²) in [5.74, 6) is 1.78. The van der Waals surface area contributed by atoms with Crippen LogP contribution in [-0.2, 0) is 0 Å². The molecule has 0 fully saturated rings. The molecule has 0 unspecified atom stereocenters. The maximum Gasteiger partial charge on any atom is 0.137 e. The molecule has 0 atom stereocenters. The molecule has 29 heavy (non-hydrogen) atoms. The van der Waals surface area contributed by atoms with Crippen molar-refractivity contribution in [2.75, 3.05) is 13.2 Å². The average molecular weight is 466 g/mol. The van der Waals surface area contributed by atoms with Crippen LogP contribution in [-0.4, -0.2) is 13.2 Å². The minimum atomic E-state index is 0.764. The van der Waals surface area contributed by atoms with Crippen LogP contribution < -0.4 is 9.47 Å². The van der Waals surface area contributed by atoms with Crippen molar-refractivity contribution in [1.29, 1.82) is 0 Å². The number of unbranched alkanes of at least 4 members (excludes halogenated alkanes) is 12. The Morgan fingerprint density at radius 3 is 1.69 bits per heavy atom. The van der Waals surface area contributed by atoms with Crippen molar-refractivity contribution < 1.29 is 9.47 Å². The van der Waals surface area contributed by atoms with E-state index in [9.17, 15) is 0 Å². The number of ether oxygens (including phenoxy) is 2. The molecule has 1 rings (SSSR count). The second-order valence-electron chi connectivity index (χ2n) is 7.69. The Hall–Kier alpha value is -1.22. The van der Waals surface area contributed by atoms with E-state index in [1.807, 2.05) is 30.4 Å². The number of benzene rings is 1. The van der Waals surface area contributed by atoms with Gasteiger partial charge in [0.15, 0.2) is 0 Å². The van der Waals surface area contributed by atoms with E-state index < -0.39 is 0 Å². The van der Waals surface area contributed by atoms with E-state index in [0.717, 1.165) is 54.9 Å². The van der Waals surface area contributed by atoms with E-state index in [-0.39, 0.29) is 0 Å². The topological polar surface area (TPSA) is 18.5 Å². The van der Waals surface area contributed by atoms with Gasteiger partial charge in [0.05, 0.1) is 17.7 Å². The Bertz CT molecular complexity index is 542. The molecule has 0 aliphatic rings. The zero-order valence-corrected chi connectivity index (χ0v) is 19.9. The fourth-order valence-corrected chi connectivity index (χ4v) is 3.61. The minimum absolute atomic E-state index is 0.764. The summed E-state index contributed by atoms with van der Waals surface area (Å²) >= 11 is 3.58. The molecule has 0 amide bonds. The van der Waals surface area contributed by atoms with Crippen LogP contribution in [0.4, 0.5) is 0 Å². The van der Waals surface area contributed by atoms with Crippen LogP contribution >= 0.6 is 15.9 Å². The second-order valence-corrected chi connectivity index (χ2v) is 8.54. The highest BCUT2D eigenvalue weighted by Gasteiger charge is 2.04. The van der Waals surface area contributed by atoms with Crippen LogP contribution in [0.1, 0.15) is 89.9 Å². The molecule has 3 heteroatoms. The lowest BCUT2D eigenvalue weighted by atomic mass is 10.1. The highest BCUT2D eigenvalue weighted by atomic mass is 79.9. The fourth-order valence-electron chi connectivity index (χ4n) is 3.25. The molecule has 0 aliphatic carbocycles. The molecule has 0 saturated heterocycles. The average Bonchev–Trinajstić information content (AvgIpc) is 2.73. The minimum Gasteiger partial charge on any atom is -0.493 e. The van der Waals surface area contributed by atoms with Crippen molar-refractivity contribution in [3.63, 3.8) is 0 Å². The van der Waals surface area contributed by atoms with Crippen molar-refractivity contribution >= 4 is 15.9 Å². The molecule has 0 bridgehead atoms. The Labute approximate surface area is 187 Å². The summed E-state index contributed by atoms with van der Waals surface area (Å²) in [4.78, 5) is 0. The molecule has 0 aliphatic heterocycles. The van der Waals surface area contributed by atoms with Crippen molar-refractivity contribution in [1.82, 2.24) is 0 Å². The highest BCUT2D eigenvalue weighted by Crippen LogP contribution is 2.30. The predicted octanol–water partition coefficient (Wildman–Crippen LogP) is 9.04. The van der Waals surface area contributed by atoms with Crippen LogP contribution in [0.25, 0.3) is 0 Å². The third-order valence-electron chi connectivity index (χ3n) is 5.03. The molecule has 164 valence electrons. The molecule has 0 spiro atoms. The monoisotopic (exact) mass is 464 g/mol. The molecule has 0 aromatic heterocycles. The van der Waals surface area contributed by atoms with Crippen LogP contribution in [0.5, 0.6) is 11.5 Å². The maximum atomic E-state index is 5.97. The van der Waals surface area contributed by atoms with Crippen molar-refractivity contribution in [2.45, 2.75) is 89.9 Å². The highest BCUT2D eigenvalue weighted by molar-refractivity contribution is 9.10. The molecule has 0 heterocycles. The van der Waals surface area contributed by atoms with E-state index in [1.54, 1.807) is 0 Å².